The van der Waals surface area contributed by atoms with E-state index in [9.17, 15) is 19.2 Å². The molecule has 41 heavy (non-hydrogen) atoms. The average Bonchev–Trinajstić information content (AvgIpc) is 3.46. The summed E-state index contributed by atoms with van der Waals surface area (Å²) in [7, 11) is 3.71. The van der Waals surface area contributed by atoms with Crippen LogP contribution in [-0.4, -0.2) is 70.2 Å². The van der Waals surface area contributed by atoms with Gasteiger partial charge in [-0.25, -0.2) is 9.50 Å². The van der Waals surface area contributed by atoms with Crippen LogP contribution < -0.4 is 15.4 Å². The van der Waals surface area contributed by atoms with Crippen molar-refractivity contribution >= 4 is 29.2 Å². The minimum atomic E-state index is -0.412. The Morgan fingerprint density at radius 2 is 1.78 bits per heavy atom. The molecular formula is C30H28N6O5. The second-order valence-corrected chi connectivity index (χ2v) is 12.8. The highest BCUT2D eigenvalue weighted by Crippen LogP contribution is 3.10. The van der Waals surface area contributed by atoms with Gasteiger partial charge in [0, 0.05) is 51.3 Å². The Kier molecular flexibility index (Phi) is 4.18. The summed E-state index contributed by atoms with van der Waals surface area (Å²) in [4.78, 5) is 57.3. The Morgan fingerprint density at radius 3 is 2.51 bits per heavy atom. The van der Waals surface area contributed by atoms with Gasteiger partial charge in [0.25, 0.3) is 11.8 Å². The zero-order valence-corrected chi connectivity index (χ0v) is 22.6. The summed E-state index contributed by atoms with van der Waals surface area (Å²) in [5, 5.41) is 10.3. The number of nitrogens with zero attached hydrogens (tertiary/aromatic N) is 4. The van der Waals surface area contributed by atoms with Crippen molar-refractivity contribution in [1.29, 1.82) is 0 Å². The largest absolute Gasteiger partial charge is 0.486 e. The molecule has 0 atom stereocenters. The molecule has 1 aromatic carbocycles. The molecule has 2 N–H and O–H groups in total. The first-order valence-electron chi connectivity index (χ1n) is 14.2. The van der Waals surface area contributed by atoms with Crippen LogP contribution in [0.2, 0.25) is 0 Å². The van der Waals surface area contributed by atoms with E-state index in [4.69, 9.17) is 4.74 Å². The summed E-state index contributed by atoms with van der Waals surface area (Å²) in [6.07, 6.45) is 1.87. The lowest BCUT2D eigenvalue weighted by molar-refractivity contribution is -0.639. The molecule has 0 bridgehead atoms. The lowest BCUT2D eigenvalue weighted by Crippen LogP contribution is -3.12. The first-order valence-corrected chi connectivity index (χ1v) is 14.2. The third-order valence-electron chi connectivity index (χ3n) is 11.3. The van der Waals surface area contributed by atoms with Crippen LogP contribution in [0.4, 0.5) is 0 Å². The van der Waals surface area contributed by atoms with E-state index in [1.165, 1.54) is 10.6 Å². The number of ether oxygens (including phenoxy) is 1. The van der Waals surface area contributed by atoms with Crippen LogP contribution in [0.1, 0.15) is 32.1 Å². The molecule has 3 aromatic rings. The van der Waals surface area contributed by atoms with Crippen LogP contribution in [0.5, 0.6) is 5.75 Å². The van der Waals surface area contributed by atoms with E-state index in [0.29, 0.717) is 65.8 Å². The van der Waals surface area contributed by atoms with Crippen LogP contribution in [0.15, 0.2) is 36.5 Å². The summed E-state index contributed by atoms with van der Waals surface area (Å²) in [6, 6.07) is 8.66. The van der Waals surface area contributed by atoms with Crippen molar-refractivity contribution in [2.45, 2.75) is 13.0 Å². The van der Waals surface area contributed by atoms with Crippen LogP contribution in [0, 0.1) is 46.3 Å². The molecule has 0 spiro atoms. The molecule has 0 unspecified atom stereocenters. The normalized spacial score (nSPS) is 35.3. The highest BCUT2D eigenvalue weighted by atomic mass is 16.5. The highest BCUT2D eigenvalue weighted by molar-refractivity contribution is 5.98. The SMILES string of the molecule is CN(C)C(=O)C12C3C4C1C1C2C3C41CNC(=O)c1cc(C(=O)NCc2ccc3c(c2)CC(=O)CO3)nc2ccnn12. The minimum absolute atomic E-state index is 0.0193. The molecule has 3 heterocycles. The molecule has 7 aliphatic rings. The maximum absolute atomic E-state index is 13.4. The molecule has 6 saturated carbocycles. The zero-order valence-electron chi connectivity index (χ0n) is 22.6. The fourth-order valence-corrected chi connectivity index (χ4v) is 10.2. The molecule has 11 nitrogen and oxygen atoms in total. The smallest absolute Gasteiger partial charge is 0.270 e. The lowest BCUT2D eigenvalue weighted by Gasteiger charge is -3.10. The van der Waals surface area contributed by atoms with Gasteiger partial charge in [-0.3, -0.25) is 19.2 Å². The Labute approximate surface area is 234 Å². The van der Waals surface area contributed by atoms with Crippen LogP contribution in [-0.2, 0) is 22.6 Å². The van der Waals surface area contributed by atoms with Gasteiger partial charge in [0.15, 0.2) is 11.4 Å². The van der Waals surface area contributed by atoms with Crippen molar-refractivity contribution in [2.24, 2.45) is 46.3 Å². The number of Topliss-reactive ketones (excluding diaryl/α,β-unsaturated/α-hetero) is 1. The number of benzene rings is 1. The Morgan fingerprint density at radius 1 is 1.02 bits per heavy atom. The van der Waals surface area contributed by atoms with E-state index < -0.39 is 5.91 Å². The predicted molar refractivity (Wildman–Crippen MR) is 142 cm³/mol. The summed E-state index contributed by atoms with van der Waals surface area (Å²) in [5.74, 6) is 3.51. The summed E-state index contributed by atoms with van der Waals surface area (Å²) in [5.41, 5.74) is 2.51. The molecule has 10 rings (SSSR count). The summed E-state index contributed by atoms with van der Waals surface area (Å²) >= 11 is 0. The molecule has 208 valence electrons. The Bertz CT molecular complexity index is 1710. The number of carbonyl (C=O) groups is 4. The van der Waals surface area contributed by atoms with E-state index >= 15 is 0 Å². The molecule has 3 amide bonds. The molecule has 0 radical (unpaired) electrons. The van der Waals surface area contributed by atoms with E-state index in [-0.39, 0.29) is 47.1 Å². The second kappa shape index (κ2) is 7.32. The number of hydrogen-bond donors (Lipinski definition) is 2. The summed E-state index contributed by atoms with van der Waals surface area (Å²) in [6.45, 7) is 0.922. The van der Waals surface area contributed by atoms with E-state index in [0.717, 1.165) is 11.1 Å². The van der Waals surface area contributed by atoms with E-state index in [1.54, 1.807) is 17.2 Å². The van der Waals surface area contributed by atoms with Gasteiger partial charge < -0.3 is 20.3 Å². The third kappa shape index (κ3) is 2.45. The molecule has 6 fully saturated rings. The molecule has 2 aromatic heterocycles. The minimum Gasteiger partial charge on any atom is -0.486 e. The van der Waals surface area contributed by atoms with E-state index in [2.05, 4.69) is 20.7 Å². The molecular weight excluding hydrogens is 524 g/mol. The lowest BCUT2D eigenvalue weighted by atomic mass is 8.92. The number of fused-ring (bicyclic) bond motifs is 2. The zero-order chi connectivity index (χ0) is 28.0. The van der Waals surface area contributed by atoms with Crippen molar-refractivity contribution in [1.82, 2.24) is 30.1 Å². The average molecular weight is 553 g/mol. The van der Waals surface area contributed by atoms with Crippen molar-refractivity contribution in [3.8, 4) is 5.75 Å². The van der Waals surface area contributed by atoms with Gasteiger partial charge in [0.05, 0.1) is 11.6 Å². The standard InChI is InChI=1S/C30H28N6O5/c1-35(2)28(40)30-23-20-24(30)22-25(30)21(23)29(20,22)12-32-27(39)17-9-16(34-19-5-6-33-36(17)19)26(38)31-10-13-3-4-18-14(7-13)8-15(37)11-41-18/h3-7,9,20-25H,8,10-12H2,1-2H3,(H,31,38)(H,32,39). The van der Waals surface area contributed by atoms with Gasteiger partial charge in [-0.05, 0) is 58.6 Å². The van der Waals surface area contributed by atoms with Gasteiger partial charge in [-0.2, -0.15) is 5.10 Å². The molecule has 0 saturated heterocycles. The highest BCUT2D eigenvalue weighted by Gasteiger charge is 3.11. The maximum Gasteiger partial charge on any atom is 0.270 e. The van der Waals surface area contributed by atoms with Gasteiger partial charge in [0.1, 0.15) is 23.7 Å². The Balaban J connectivity index is 0.892. The van der Waals surface area contributed by atoms with Crippen molar-refractivity contribution in [3.63, 3.8) is 0 Å². The predicted octanol–water partition coefficient (Wildman–Crippen LogP) is 0.719. The first-order chi connectivity index (χ1) is 19.8. The van der Waals surface area contributed by atoms with E-state index in [1.807, 2.05) is 32.3 Å². The topological polar surface area (TPSA) is 135 Å². The molecule has 1 aliphatic heterocycles. The number of hydrogen-bond acceptors (Lipinski definition) is 7. The molecule has 6 aliphatic carbocycles. The van der Waals surface area contributed by atoms with Gasteiger partial charge in [-0.15, -0.1) is 0 Å². The second-order valence-electron chi connectivity index (χ2n) is 12.8. The van der Waals surface area contributed by atoms with Gasteiger partial charge in [-0.1, -0.05) is 6.07 Å². The fraction of sp³-hybridized carbons (Fsp3) is 0.467. The first kappa shape index (κ1) is 23.4. The number of rotatable bonds is 7. The number of ketones is 1. The quantitative estimate of drug-likeness (QED) is 0.441. The van der Waals surface area contributed by atoms with Gasteiger partial charge in [0.2, 0.25) is 5.91 Å². The number of carbonyl (C=O) groups excluding carboxylic acids is 4. The van der Waals surface area contributed by atoms with Crippen LogP contribution in [0.3, 0.4) is 0 Å². The number of nitrogens with one attached hydrogen (secondary N) is 2. The van der Waals surface area contributed by atoms with Crippen molar-refractivity contribution in [3.05, 3.63) is 59.0 Å². The van der Waals surface area contributed by atoms with Crippen molar-refractivity contribution < 1.29 is 23.9 Å². The van der Waals surface area contributed by atoms with Crippen LogP contribution >= 0.6 is 0 Å². The monoisotopic (exact) mass is 552 g/mol. The number of aromatic nitrogens is 3. The maximum atomic E-state index is 13.4. The summed E-state index contributed by atoms with van der Waals surface area (Å²) < 4.78 is 6.90. The number of amides is 3. The Hall–Kier alpha value is -4.28. The fourth-order valence-electron chi connectivity index (χ4n) is 10.2. The van der Waals surface area contributed by atoms with Crippen molar-refractivity contribution in [2.75, 3.05) is 27.2 Å². The van der Waals surface area contributed by atoms with Crippen LogP contribution in [0.25, 0.3) is 5.65 Å². The van der Waals surface area contributed by atoms with Gasteiger partial charge >= 0.3 is 0 Å². The third-order valence-corrected chi connectivity index (χ3v) is 11.3. The molecule has 11 heteroatoms.